The van der Waals surface area contributed by atoms with Crippen LogP contribution < -0.4 is 11.1 Å². The molecule has 1 atom stereocenters. The first-order valence-corrected chi connectivity index (χ1v) is 6.16. The van der Waals surface area contributed by atoms with E-state index in [0.717, 1.165) is 16.5 Å². The summed E-state index contributed by atoms with van der Waals surface area (Å²) in [6.45, 7) is 4.44. The van der Waals surface area contributed by atoms with E-state index in [4.69, 9.17) is 5.73 Å². The highest BCUT2D eigenvalue weighted by molar-refractivity contribution is 5.90. The highest BCUT2D eigenvalue weighted by atomic mass is 16.1. The smallest absolute Gasteiger partial charge is 0.224 e. The van der Waals surface area contributed by atoms with Gasteiger partial charge < -0.3 is 16.0 Å². The molecule has 0 aliphatic heterocycles. The van der Waals surface area contributed by atoms with Gasteiger partial charge in [0.2, 0.25) is 5.91 Å². The van der Waals surface area contributed by atoms with Crippen LogP contribution in [-0.2, 0) is 11.2 Å². The molecule has 0 saturated heterocycles. The van der Waals surface area contributed by atoms with Crippen LogP contribution in [0, 0.1) is 6.92 Å². The lowest BCUT2D eigenvalue weighted by Gasteiger charge is -2.07. The van der Waals surface area contributed by atoms with Crippen LogP contribution in [0.2, 0.25) is 0 Å². The van der Waals surface area contributed by atoms with Gasteiger partial charge >= 0.3 is 0 Å². The normalized spacial score (nSPS) is 12.6. The van der Waals surface area contributed by atoms with Gasteiger partial charge in [-0.1, -0.05) is 18.2 Å². The van der Waals surface area contributed by atoms with Crippen LogP contribution in [0.3, 0.4) is 0 Å². The van der Waals surface area contributed by atoms with E-state index in [0.29, 0.717) is 13.0 Å². The number of amides is 1. The van der Waals surface area contributed by atoms with Crippen molar-refractivity contribution in [1.29, 1.82) is 0 Å². The van der Waals surface area contributed by atoms with Crippen LogP contribution in [0.4, 0.5) is 0 Å². The summed E-state index contributed by atoms with van der Waals surface area (Å²) in [5.41, 5.74) is 8.92. The molecule has 0 radical (unpaired) electrons. The Hall–Kier alpha value is -1.81. The molecule has 1 aromatic carbocycles. The van der Waals surface area contributed by atoms with Crippen LogP contribution in [0.25, 0.3) is 10.9 Å². The number of aromatic amines is 1. The minimum Gasteiger partial charge on any atom is -0.361 e. The van der Waals surface area contributed by atoms with Gasteiger partial charge in [0.05, 0.1) is 6.42 Å². The summed E-state index contributed by atoms with van der Waals surface area (Å²) in [5, 5.41) is 3.94. The summed E-state index contributed by atoms with van der Waals surface area (Å²) in [4.78, 5) is 15.0. The molecule has 0 aliphatic rings. The van der Waals surface area contributed by atoms with Crippen molar-refractivity contribution in [2.24, 2.45) is 5.73 Å². The molecule has 0 aliphatic carbocycles. The second-order valence-electron chi connectivity index (χ2n) is 4.77. The SMILES string of the molecule is Cc1cccc2c(CC(=O)NCC(C)N)c[nH]c12. The van der Waals surface area contributed by atoms with Gasteiger partial charge in [-0.3, -0.25) is 4.79 Å². The molecule has 1 amide bonds. The topological polar surface area (TPSA) is 70.9 Å². The van der Waals surface area contributed by atoms with E-state index in [1.54, 1.807) is 0 Å². The largest absolute Gasteiger partial charge is 0.361 e. The maximum atomic E-state index is 11.8. The van der Waals surface area contributed by atoms with E-state index in [-0.39, 0.29) is 11.9 Å². The Kier molecular flexibility index (Phi) is 3.67. The molecule has 1 unspecified atom stereocenters. The van der Waals surface area contributed by atoms with Gasteiger partial charge in [0.1, 0.15) is 0 Å². The van der Waals surface area contributed by atoms with Gasteiger partial charge in [-0.05, 0) is 25.0 Å². The average Bonchev–Trinajstić information content (AvgIpc) is 2.72. The lowest BCUT2D eigenvalue weighted by atomic mass is 10.1. The van der Waals surface area contributed by atoms with Crippen molar-refractivity contribution in [3.05, 3.63) is 35.5 Å². The number of para-hydroxylation sites is 1. The van der Waals surface area contributed by atoms with Crippen LogP contribution in [0.1, 0.15) is 18.1 Å². The first-order valence-electron chi connectivity index (χ1n) is 6.16. The summed E-state index contributed by atoms with van der Waals surface area (Å²) in [5.74, 6) is 0.00899. The standard InChI is InChI=1S/C14H19N3O/c1-9-4-3-5-12-11(8-17-14(9)12)6-13(18)16-7-10(2)15/h3-5,8,10,17H,6-7,15H2,1-2H3,(H,16,18). The molecule has 4 N–H and O–H groups in total. The van der Waals surface area contributed by atoms with E-state index in [1.165, 1.54) is 5.56 Å². The molecule has 96 valence electrons. The maximum Gasteiger partial charge on any atom is 0.224 e. The zero-order valence-corrected chi connectivity index (χ0v) is 10.8. The van der Waals surface area contributed by atoms with Gasteiger partial charge in [0.15, 0.2) is 0 Å². The molecule has 2 aromatic rings. The third kappa shape index (κ3) is 2.71. The minimum atomic E-state index is -0.0147. The van der Waals surface area contributed by atoms with Crippen molar-refractivity contribution in [1.82, 2.24) is 10.3 Å². The zero-order chi connectivity index (χ0) is 13.1. The zero-order valence-electron chi connectivity index (χ0n) is 10.8. The molecule has 1 aromatic heterocycles. The number of aryl methyl sites for hydroxylation is 1. The number of rotatable bonds is 4. The van der Waals surface area contributed by atoms with Gasteiger partial charge in [-0.25, -0.2) is 0 Å². The van der Waals surface area contributed by atoms with Gasteiger partial charge in [-0.2, -0.15) is 0 Å². The van der Waals surface area contributed by atoms with Crippen LogP contribution >= 0.6 is 0 Å². The van der Waals surface area contributed by atoms with E-state index < -0.39 is 0 Å². The van der Waals surface area contributed by atoms with Gasteiger partial charge in [-0.15, -0.1) is 0 Å². The number of hydrogen-bond donors (Lipinski definition) is 3. The quantitative estimate of drug-likeness (QED) is 0.763. The molecule has 0 bridgehead atoms. The van der Waals surface area contributed by atoms with Crippen molar-refractivity contribution < 1.29 is 4.79 Å². The van der Waals surface area contributed by atoms with E-state index in [9.17, 15) is 4.79 Å². The average molecular weight is 245 g/mol. The van der Waals surface area contributed by atoms with Crippen molar-refractivity contribution in [2.45, 2.75) is 26.3 Å². The Bertz CT molecular complexity index is 557. The van der Waals surface area contributed by atoms with Crippen molar-refractivity contribution in [3.8, 4) is 0 Å². The van der Waals surface area contributed by atoms with Crippen LogP contribution in [0.5, 0.6) is 0 Å². The number of benzene rings is 1. The Balaban J connectivity index is 2.12. The predicted octanol–water partition coefficient (Wildman–Crippen LogP) is 1.48. The molecular weight excluding hydrogens is 226 g/mol. The fourth-order valence-electron chi connectivity index (χ4n) is 2.02. The molecular formula is C14H19N3O. The number of H-pyrrole nitrogens is 1. The summed E-state index contributed by atoms with van der Waals surface area (Å²) in [6, 6.07) is 6.08. The van der Waals surface area contributed by atoms with Crippen molar-refractivity contribution in [2.75, 3.05) is 6.54 Å². The number of fused-ring (bicyclic) bond motifs is 1. The molecule has 4 nitrogen and oxygen atoms in total. The Morgan fingerprint density at radius 2 is 2.28 bits per heavy atom. The summed E-state index contributed by atoms with van der Waals surface area (Å²) in [7, 11) is 0. The number of carbonyl (C=O) groups is 1. The third-order valence-corrected chi connectivity index (χ3v) is 2.98. The fourth-order valence-corrected chi connectivity index (χ4v) is 2.02. The summed E-state index contributed by atoms with van der Waals surface area (Å²) >= 11 is 0. The molecule has 0 saturated carbocycles. The molecule has 0 spiro atoms. The molecule has 4 heteroatoms. The van der Waals surface area contributed by atoms with Crippen molar-refractivity contribution >= 4 is 16.8 Å². The molecule has 2 rings (SSSR count). The fraction of sp³-hybridized carbons (Fsp3) is 0.357. The number of hydrogen-bond acceptors (Lipinski definition) is 2. The lowest BCUT2D eigenvalue weighted by Crippen LogP contribution is -2.35. The molecule has 18 heavy (non-hydrogen) atoms. The van der Waals surface area contributed by atoms with Gasteiger partial charge in [0.25, 0.3) is 0 Å². The minimum absolute atomic E-state index is 0.00899. The van der Waals surface area contributed by atoms with Gasteiger partial charge in [0, 0.05) is 29.7 Å². The monoisotopic (exact) mass is 245 g/mol. The Morgan fingerprint density at radius 3 is 3.00 bits per heavy atom. The Morgan fingerprint density at radius 1 is 1.50 bits per heavy atom. The van der Waals surface area contributed by atoms with E-state index in [2.05, 4.69) is 23.3 Å². The first kappa shape index (κ1) is 12.6. The predicted molar refractivity (Wildman–Crippen MR) is 73.4 cm³/mol. The lowest BCUT2D eigenvalue weighted by molar-refractivity contribution is -0.120. The second-order valence-corrected chi connectivity index (χ2v) is 4.77. The number of carbonyl (C=O) groups excluding carboxylic acids is 1. The summed E-state index contributed by atoms with van der Waals surface area (Å²) in [6.07, 6.45) is 2.29. The van der Waals surface area contributed by atoms with Crippen LogP contribution in [0.15, 0.2) is 24.4 Å². The van der Waals surface area contributed by atoms with Crippen molar-refractivity contribution in [3.63, 3.8) is 0 Å². The number of aromatic nitrogens is 1. The third-order valence-electron chi connectivity index (χ3n) is 2.98. The highest BCUT2D eigenvalue weighted by Gasteiger charge is 2.09. The van der Waals surface area contributed by atoms with Crippen LogP contribution in [-0.4, -0.2) is 23.5 Å². The van der Waals surface area contributed by atoms with E-state index >= 15 is 0 Å². The Labute approximate surface area is 107 Å². The maximum absolute atomic E-state index is 11.8. The molecule has 0 fully saturated rings. The molecule has 1 heterocycles. The number of nitrogens with two attached hydrogens (primary N) is 1. The summed E-state index contributed by atoms with van der Waals surface area (Å²) < 4.78 is 0. The van der Waals surface area contributed by atoms with E-state index in [1.807, 2.05) is 25.3 Å². The highest BCUT2D eigenvalue weighted by Crippen LogP contribution is 2.21. The second kappa shape index (κ2) is 5.23. The first-order chi connectivity index (χ1) is 8.58. The number of nitrogens with one attached hydrogen (secondary N) is 2.